The van der Waals surface area contributed by atoms with Gasteiger partial charge in [-0.15, -0.1) is 0 Å². The number of aryl methyl sites for hydroxylation is 1. The molecular weight excluding hydrogens is 395 g/mol. The molecule has 0 atom stereocenters. The van der Waals surface area contributed by atoms with Crippen LogP contribution in [0.1, 0.15) is 27.2 Å². The molecule has 0 radical (unpaired) electrons. The Bertz CT molecular complexity index is 1140. The highest BCUT2D eigenvalue weighted by molar-refractivity contribution is 5.77. The lowest BCUT2D eigenvalue weighted by Crippen LogP contribution is -2.06. The average Bonchev–Trinajstić information content (AvgIpc) is 3.10. The van der Waals surface area contributed by atoms with Gasteiger partial charge in [0, 0.05) is 12.2 Å². The summed E-state index contributed by atoms with van der Waals surface area (Å²) >= 11 is 0. The van der Waals surface area contributed by atoms with Gasteiger partial charge in [0.2, 0.25) is 11.9 Å². The number of hydrogen-bond acceptors (Lipinski definition) is 6. The van der Waals surface area contributed by atoms with Gasteiger partial charge in [-0.2, -0.15) is 4.98 Å². The van der Waals surface area contributed by atoms with E-state index < -0.39 is 0 Å². The molecule has 2 heterocycles. The molecule has 0 spiro atoms. The van der Waals surface area contributed by atoms with Crippen molar-refractivity contribution in [3.63, 3.8) is 0 Å². The Kier molecular flexibility index (Phi) is 7.02. The molecule has 2 aromatic heterocycles. The Morgan fingerprint density at radius 2 is 1.81 bits per heavy atom. The van der Waals surface area contributed by atoms with Crippen LogP contribution >= 0.6 is 0 Å². The summed E-state index contributed by atoms with van der Waals surface area (Å²) < 4.78 is 21.3. The third-order valence-electron chi connectivity index (χ3n) is 4.69. The number of rotatable bonds is 8. The van der Waals surface area contributed by atoms with Crippen molar-refractivity contribution < 1.29 is 9.13 Å². The standard InChI is InChI=1S/C22H23FN6O.CH4/c1-3-4-13-29-20-19(27-22(29)26-18-8-6-5-7-17(18)23)14-24-21(28-20)25-15-9-11-16(30-2)12-10-15;/h5-12,14H,3-4,13H2,1-2H3,(H,26,27)(H,24,25,28);1H4. The van der Waals surface area contributed by atoms with Crippen LogP contribution in [0.2, 0.25) is 0 Å². The van der Waals surface area contributed by atoms with Crippen molar-refractivity contribution in [2.75, 3.05) is 17.7 Å². The molecule has 2 N–H and O–H groups in total. The fraction of sp³-hybridized carbons (Fsp3) is 0.261. The van der Waals surface area contributed by atoms with Crippen molar-refractivity contribution in [2.45, 2.75) is 33.7 Å². The lowest BCUT2D eigenvalue weighted by molar-refractivity contribution is 0.415. The van der Waals surface area contributed by atoms with Crippen molar-refractivity contribution in [1.29, 1.82) is 0 Å². The fourth-order valence-corrected chi connectivity index (χ4v) is 3.09. The molecule has 0 aliphatic heterocycles. The second kappa shape index (κ2) is 9.88. The van der Waals surface area contributed by atoms with E-state index in [9.17, 15) is 4.39 Å². The highest BCUT2D eigenvalue weighted by atomic mass is 19.1. The molecule has 162 valence electrons. The summed E-state index contributed by atoms with van der Waals surface area (Å²) in [5, 5.41) is 6.30. The minimum absolute atomic E-state index is 0. The summed E-state index contributed by atoms with van der Waals surface area (Å²) in [5.41, 5.74) is 2.55. The van der Waals surface area contributed by atoms with Crippen molar-refractivity contribution >= 4 is 34.4 Å². The van der Waals surface area contributed by atoms with E-state index in [2.05, 4.69) is 32.5 Å². The first-order chi connectivity index (χ1) is 14.7. The Morgan fingerprint density at radius 3 is 2.52 bits per heavy atom. The lowest BCUT2D eigenvalue weighted by Gasteiger charge is -2.11. The molecule has 4 aromatic rings. The van der Waals surface area contributed by atoms with Gasteiger partial charge in [0.1, 0.15) is 17.1 Å². The number of unbranched alkanes of at least 4 members (excludes halogenated alkanes) is 1. The van der Waals surface area contributed by atoms with Gasteiger partial charge in [-0.3, -0.25) is 4.57 Å². The largest absolute Gasteiger partial charge is 0.497 e. The Morgan fingerprint density at radius 1 is 1.03 bits per heavy atom. The Labute approximate surface area is 181 Å². The van der Waals surface area contributed by atoms with Gasteiger partial charge < -0.3 is 15.4 Å². The minimum Gasteiger partial charge on any atom is -0.497 e. The van der Waals surface area contributed by atoms with E-state index in [1.54, 1.807) is 31.5 Å². The smallest absolute Gasteiger partial charge is 0.229 e. The van der Waals surface area contributed by atoms with Crippen LogP contribution in [0.5, 0.6) is 5.75 Å². The third-order valence-corrected chi connectivity index (χ3v) is 4.69. The summed E-state index contributed by atoms with van der Waals surface area (Å²) in [6, 6.07) is 14.0. The summed E-state index contributed by atoms with van der Waals surface area (Å²) in [6.07, 6.45) is 3.63. The number of anilines is 4. The van der Waals surface area contributed by atoms with E-state index in [1.165, 1.54) is 6.07 Å². The summed E-state index contributed by atoms with van der Waals surface area (Å²) in [7, 11) is 1.63. The van der Waals surface area contributed by atoms with Crippen molar-refractivity contribution in [2.24, 2.45) is 0 Å². The van der Waals surface area contributed by atoms with Crippen LogP contribution < -0.4 is 15.4 Å². The van der Waals surface area contributed by atoms with Gasteiger partial charge in [0.15, 0.2) is 5.65 Å². The minimum atomic E-state index is -0.334. The van der Waals surface area contributed by atoms with Crippen LogP contribution in [-0.2, 0) is 6.54 Å². The van der Waals surface area contributed by atoms with E-state index in [-0.39, 0.29) is 13.2 Å². The predicted molar refractivity (Wildman–Crippen MR) is 123 cm³/mol. The van der Waals surface area contributed by atoms with Crippen LogP contribution in [0.25, 0.3) is 11.2 Å². The molecule has 0 amide bonds. The van der Waals surface area contributed by atoms with Gasteiger partial charge in [0.05, 0.1) is 19.0 Å². The highest BCUT2D eigenvalue weighted by Crippen LogP contribution is 2.25. The molecular formula is C23H27FN6O. The van der Waals surface area contributed by atoms with Gasteiger partial charge in [-0.1, -0.05) is 32.9 Å². The summed E-state index contributed by atoms with van der Waals surface area (Å²) in [4.78, 5) is 13.6. The zero-order valence-corrected chi connectivity index (χ0v) is 16.9. The number of halogens is 1. The number of fused-ring (bicyclic) bond motifs is 1. The molecule has 2 aromatic carbocycles. The molecule has 0 saturated carbocycles. The van der Waals surface area contributed by atoms with E-state index in [0.717, 1.165) is 24.3 Å². The van der Waals surface area contributed by atoms with Crippen molar-refractivity contribution in [3.05, 3.63) is 60.5 Å². The van der Waals surface area contributed by atoms with Crippen LogP contribution in [0.3, 0.4) is 0 Å². The number of imidazole rings is 1. The van der Waals surface area contributed by atoms with Gasteiger partial charge in [-0.05, 0) is 42.8 Å². The first kappa shape index (κ1) is 22.0. The normalized spacial score (nSPS) is 10.5. The van der Waals surface area contributed by atoms with E-state index in [1.807, 2.05) is 28.8 Å². The highest BCUT2D eigenvalue weighted by Gasteiger charge is 2.15. The number of benzene rings is 2. The number of nitrogens with one attached hydrogen (secondary N) is 2. The number of aromatic nitrogens is 4. The quantitative estimate of drug-likeness (QED) is 0.368. The number of hydrogen-bond donors (Lipinski definition) is 2. The van der Waals surface area contributed by atoms with E-state index in [4.69, 9.17) is 4.74 Å². The van der Waals surface area contributed by atoms with E-state index in [0.29, 0.717) is 35.3 Å². The molecule has 31 heavy (non-hydrogen) atoms. The molecule has 0 aliphatic rings. The number of nitrogens with zero attached hydrogens (tertiary/aromatic N) is 4. The van der Waals surface area contributed by atoms with Crippen LogP contribution in [0.4, 0.5) is 27.7 Å². The molecule has 0 fully saturated rings. The van der Waals surface area contributed by atoms with Gasteiger partial charge in [0.25, 0.3) is 0 Å². The molecule has 0 bridgehead atoms. The predicted octanol–water partition coefficient (Wildman–Crippen LogP) is 5.90. The molecule has 0 unspecified atom stereocenters. The van der Waals surface area contributed by atoms with Crippen LogP contribution in [0, 0.1) is 5.82 Å². The second-order valence-electron chi connectivity index (χ2n) is 6.80. The third kappa shape index (κ3) is 4.91. The van der Waals surface area contributed by atoms with Crippen LogP contribution in [0.15, 0.2) is 54.7 Å². The van der Waals surface area contributed by atoms with E-state index >= 15 is 0 Å². The summed E-state index contributed by atoms with van der Waals surface area (Å²) in [6.45, 7) is 2.83. The molecule has 8 heteroatoms. The summed E-state index contributed by atoms with van der Waals surface area (Å²) in [5.74, 6) is 1.44. The fourth-order valence-electron chi connectivity index (χ4n) is 3.09. The molecule has 0 saturated heterocycles. The Balaban J connectivity index is 0.00000272. The SMILES string of the molecule is C.CCCCn1c(Nc2ccccc2F)nc2cnc(Nc3ccc(OC)cc3)nc21. The molecule has 4 rings (SSSR count). The monoisotopic (exact) mass is 422 g/mol. The van der Waals surface area contributed by atoms with Crippen molar-refractivity contribution in [3.8, 4) is 5.75 Å². The molecule has 7 nitrogen and oxygen atoms in total. The first-order valence-corrected chi connectivity index (χ1v) is 9.84. The van der Waals surface area contributed by atoms with Crippen molar-refractivity contribution in [1.82, 2.24) is 19.5 Å². The number of methoxy groups -OCH3 is 1. The molecule has 0 aliphatic carbocycles. The lowest BCUT2D eigenvalue weighted by atomic mass is 10.3. The first-order valence-electron chi connectivity index (χ1n) is 9.84. The van der Waals surface area contributed by atoms with Crippen LogP contribution in [-0.4, -0.2) is 26.6 Å². The Hall–Kier alpha value is -3.68. The topological polar surface area (TPSA) is 76.9 Å². The zero-order chi connectivity index (χ0) is 20.9. The number of para-hydroxylation sites is 1. The zero-order valence-electron chi connectivity index (χ0n) is 16.9. The van der Waals surface area contributed by atoms with Gasteiger partial charge in [-0.25, -0.2) is 14.4 Å². The maximum absolute atomic E-state index is 14.1. The average molecular weight is 423 g/mol. The second-order valence-corrected chi connectivity index (χ2v) is 6.80. The maximum atomic E-state index is 14.1. The van der Waals surface area contributed by atoms with Gasteiger partial charge >= 0.3 is 0 Å². The maximum Gasteiger partial charge on any atom is 0.229 e. The number of ether oxygens (including phenoxy) is 1.